The molecule has 0 saturated carbocycles. The number of rotatable bonds is 2. The van der Waals surface area contributed by atoms with Gasteiger partial charge in [0, 0.05) is 0 Å². The monoisotopic (exact) mass is 326 g/mol. The van der Waals surface area contributed by atoms with Crippen LogP contribution in [0, 0.1) is 6.42 Å². The molecule has 0 unspecified atom stereocenters. The van der Waals surface area contributed by atoms with Crippen LogP contribution in [-0.4, -0.2) is 0 Å². The fourth-order valence-electron chi connectivity index (χ4n) is 1.38. The van der Waals surface area contributed by atoms with Crippen molar-refractivity contribution in [2.24, 2.45) is 0 Å². The van der Waals surface area contributed by atoms with Crippen molar-refractivity contribution >= 4 is 0 Å². The minimum absolute atomic E-state index is 0. The standard InChI is InChI=1S/C11H11.Hf.3H/c1-2-6-10(5-1)9-11-7-3-4-8-11;;;;/h1-5,7,9H,6,8H2;;;;/q-1;+4;3*-1. The predicted molar refractivity (Wildman–Crippen MR) is 51.3 cm³/mol. The third-order valence-electron chi connectivity index (χ3n) is 1.97. The molecule has 0 aromatic heterocycles. The Morgan fingerprint density at radius 3 is 1.83 bits per heavy atom. The van der Waals surface area contributed by atoms with Crippen LogP contribution in [0.15, 0.2) is 47.6 Å². The summed E-state index contributed by atoms with van der Waals surface area (Å²) >= 11 is 0. The molecular formula is C11H14Hf. The van der Waals surface area contributed by atoms with Crippen LogP contribution in [0.3, 0.4) is 0 Å². The van der Waals surface area contributed by atoms with E-state index in [-0.39, 0.29) is 30.1 Å². The summed E-state index contributed by atoms with van der Waals surface area (Å²) in [4.78, 5) is 0. The van der Waals surface area contributed by atoms with Gasteiger partial charge in [-0.25, -0.2) is 0 Å². The maximum absolute atomic E-state index is 2.28. The second kappa shape index (κ2) is 4.66. The van der Waals surface area contributed by atoms with E-state index in [9.17, 15) is 0 Å². The third kappa shape index (κ3) is 2.34. The molecule has 0 aromatic carbocycles. The summed E-state index contributed by atoms with van der Waals surface area (Å²) in [5, 5.41) is 0. The van der Waals surface area contributed by atoms with E-state index in [2.05, 4.69) is 42.9 Å². The molecule has 0 saturated heterocycles. The normalized spacial score (nSPS) is 18.7. The van der Waals surface area contributed by atoms with Gasteiger partial charge in [-0.15, -0.1) is 12.2 Å². The molecule has 1 heteroatoms. The van der Waals surface area contributed by atoms with Gasteiger partial charge in [0.05, 0.1) is 0 Å². The van der Waals surface area contributed by atoms with Gasteiger partial charge in [0.15, 0.2) is 0 Å². The Balaban J connectivity index is -0.000000360. The summed E-state index contributed by atoms with van der Waals surface area (Å²) in [6.07, 6.45) is 17.5. The first-order valence-electron chi connectivity index (χ1n) is 4.01. The first-order chi connectivity index (χ1) is 5.45. The Labute approximate surface area is 97.0 Å². The van der Waals surface area contributed by atoms with Crippen molar-refractivity contribution < 1.29 is 30.1 Å². The first kappa shape index (κ1) is 9.79. The second-order valence-electron chi connectivity index (χ2n) is 2.89. The molecule has 0 atom stereocenters. The zero-order valence-electron chi connectivity index (χ0n) is 9.96. The first-order valence-corrected chi connectivity index (χ1v) is 4.01. The Hall–Kier alpha value is -0.300. The summed E-state index contributed by atoms with van der Waals surface area (Å²) in [6.45, 7) is 0. The zero-order valence-corrected chi connectivity index (χ0v) is 10.5. The Kier molecular flexibility index (Phi) is 3.80. The molecule has 62 valence electrons. The van der Waals surface area contributed by atoms with Crippen LogP contribution >= 0.6 is 0 Å². The van der Waals surface area contributed by atoms with E-state index in [1.807, 2.05) is 0 Å². The molecular weight excluding hydrogens is 311 g/mol. The van der Waals surface area contributed by atoms with E-state index in [4.69, 9.17) is 0 Å². The molecule has 0 bridgehead atoms. The van der Waals surface area contributed by atoms with E-state index in [1.54, 1.807) is 0 Å². The Bertz CT molecular complexity index is 250. The summed E-state index contributed by atoms with van der Waals surface area (Å²) in [5.74, 6) is 0. The van der Waals surface area contributed by atoms with E-state index in [0.717, 1.165) is 12.8 Å². The van der Waals surface area contributed by atoms with Gasteiger partial charge in [0.2, 0.25) is 0 Å². The van der Waals surface area contributed by atoms with Gasteiger partial charge in [-0.2, -0.15) is 29.7 Å². The van der Waals surface area contributed by atoms with Gasteiger partial charge in [-0.3, -0.25) is 0 Å². The Morgan fingerprint density at radius 1 is 1.00 bits per heavy atom. The van der Waals surface area contributed by atoms with Gasteiger partial charge < -0.3 is 4.28 Å². The molecule has 0 spiro atoms. The van der Waals surface area contributed by atoms with Gasteiger partial charge in [0.25, 0.3) is 0 Å². The minimum Gasteiger partial charge on any atom is -1.00 e. The fourth-order valence-corrected chi connectivity index (χ4v) is 1.38. The number of allylic oxidation sites excluding steroid dienone is 8. The zero-order chi connectivity index (χ0) is 7.52. The van der Waals surface area contributed by atoms with Crippen molar-refractivity contribution in [2.45, 2.75) is 12.8 Å². The molecule has 2 aliphatic rings. The second-order valence-corrected chi connectivity index (χ2v) is 2.89. The number of hydrogen-bond acceptors (Lipinski definition) is 0. The molecule has 0 amide bonds. The maximum atomic E-state index is 2.28. The van der Waals surface area contributed by atoms with Crippen molar-refractivity contribution in [2.75, 3.05) is 0 Å². The van der Waals surface area contributed by atoms with Crippen molar-refractivity contribution in [3.05, 3.63) is 54.0 Å². The number of hydrogen-bond donors (Lipinski definition) is 0. The van der Waals surface area contributed by atoms with Crippen LogP contribution < -0.4 is 0 Å². The molecule has 0 aromatic rings. The van der Waals surface area contributed by atoms with Crippen LogP contribution in [0.2, 0.25) is 0 Å². The van der Waals surface area contributed by atoms with Gasteiger partial charge in [-0.05, 0) is 12.8 Å². The quantitative estimate of drug-likeness (QED) is 0.540. The summed E-state index contributed by atoms with van der Waals surface area (Å²) in [6, 6.07) is 0. The fraction of sp³-hybridized carbons (Fsp3) is 0.182. The van der Waals surface area contributed by atoms with Gasteiger partial charge >= 0.3 is 25.8 Å². The van der Waals surface area contributed by atoms with Crippen LogP contribution in [0.25, 0.3) is 0 Å². The van der Waals surface area contributed by atoms with E-state index in [1.165, 1.54) is 11.1 Å². The average Bonchev–Trinajstić information content (AvgIpc) is 2.60. The summed E-state index contributed by atoms with van der Waals surface area (Å²) in [7, 11) is 0. The van der Waals surface area contributed by atoms with Gasteiger partial charge in [-0.1, -0.05) is 12.2 Å². The van der Waals surface area contributed by atoms with Crippen molar-refractivity contribution in [3.63, 3.8) is 0 Å². The van der Waals surface area contributed by atoms with Crippen molar-refractivity contribution in [3.8, 4) is 0 Å². The molecule has 2 rings (SSSR count). The van der Waals surface area contributed by atoms with Crippen molar-refractivity contribution in [1.82, 2.24) is 0 Å². The molecule has 2 aliphatic carbocycles. The molecule has 0 heterocycles. The van der Waals surface area contributed by atoms with Gasteiger partial charge in [0.1, 0.15) is 0 Å². The smallest absolute Gasteiger partial charge is 1.00 e. The van der Waals surface area contributed by atoms with E-state index >= 15 is 0 Å². The van der Waals surface area contributed by atoms with Crippen LogP contribution in [0.5, 0.6) is 0 Å². The molecule has 0 radical (unpaired) electrons. The molecule has 12 heavy (non-hydrogen) atoms. The summed E-state index contributed by atoms with van der Waals surface area (Å²) in [5.41, 5.74) is 2.86. The topological polar surface area (TPSA) is 0 Å². The Morgan fingerprint density at radius 2 is 1.50 bits per heavy atom. The predicted octanol–water partition coefficient (Wildman–Crippen LogP) is 3.30. The largest absolute Gasteiger partial charge is 4.00 e. The molecule has 0 fully saturated rings. The van der Waals surface area contributed by atoms with Crippen molar-refractivity contribution in [1.29, 1.82) is 0 Å². The van der Waals surface area contributed by atoms with Crippen LogP contribution in [-0.2, 0) is 25.8 Å². The van der Waals surface area contributed by atoms with E-state index < -0.39 is 0 Å². The maximum Gasteiger partial charge on any atom is 4.00 e. The van der Waals surface area contributed by atoms with Crippen LogP contribution in [0.1, 0.15) is 17.1 Å². The molecule has 0 nitrogen and oxygen atoms in total. The molecule has 0 aliphatic heterocycles. The van der Waals surface area contributed by atoms with E-state index in [0.29, 0.717) is 0 Å². The third-order valence-corrected chi connectivity index (χ3v) is 1.97. The average molecular weight is 325 g/mol. The SMILES string of the molecule is C1=CCC([CH-]C2=CC=CC2)=C1.[H-].[H-].[H-].[Hf+4]. The summed E-state index contributed by atoms with van der Waals surface area (Å²) < 4.78 is 0. The minimum atomic E-state index is 0. The van der Waals surface area contributed by atoms with Crippen LogP contribution in [0.4, 0.5) is 0 Å². The molecule has 0 N–H and O–H groups in total.